The van der Waals surface area contributed by atoms with Crippen LogP contribution in [0.25, 0.3) is 0 Å². The van der Waals surface area contributed by atoms with Gasteiger partial charge in [-0.15, -0.1) is 6.58 Å². The van der Waals surface area contributed by atoms with Gasteiger partial charge < -0.3 is 5.11 Å². The lowest BCUT2D eigenvalue weighted by atomic mass is 9.79. The Labute approximate surface area is 139 Å². The van der Waals surface area contributed by atoms with Crippen molar-refractivity contribution in [1.82, 2.24) is 4.90 Å². The number of hydrogen-bond acceptors (Lipinski definition) is 2. The molecule has 0 aromatic heterocycles. The summed E-state index contributed by atoms with van der Waals surface area (Å²) in [5.41, 5.74) is 0.606. The first-order chi connectivity index (χ1) is 10.3. The van der Waals surface area contributed by atoms with E-state index in [0.717, 1.165) is 38.6 Å². The maximum absolute atomic E-state index is 10.2. The Hall–Kier alpha value is -0.340. The highest BCUT2D eigenvalue weighted by Gasteiger charge is 2.40. The van der Waals surface area contributed by atoms with Crippen LogP contribution >= 0.6 is 0 Å². The number of likely N-dealkylation sites (tertiary alicyclic amines) is 1. The van der Waals surface area contributed by atoms with E-state index in [0.29, 0.717) is 11.1 Å². The van der Waals surface area contributed by atoms with Crippen molar-refractivity contribution in [3.8, 4) is 0 Å². The largest absolute Gasteiger partial charge is 0.393 e. The molecular weight excluding hydrogens is 270 g/mol. The van der Waals surface area contributed by atoms with Gasteiger partial charge in [-0.1, -0.05) is 18.9 Å². The Morgan fingerprint density at radius 2 is 1.59 bits per heavy atom. The van der Waals surface area contributed by atoms with Gasteiger partial charge in [-0.25, -0.2) is 0 Å². The van der Waals surface area contributed by atoms with Crippen molar-refractivity contribution in [3.05, 3.63) is 12.7 Å². The quantitative estimate of drug-likeness (QED) is 0.437. The summed E-state index contributed by atoms with van der Waals surface area (Å²) in [7, 11) is 0. The standard InChI is InChI=1S/C20H39NO/c1-6-7-8-9-10-13-18(22)14-11-17-21-19(2,3)15-12-16-20(21,4)5/h6,18,22H,1,7-17H2,2-5H3. The lowest BCUT2D eigenvalue weighted by molar-refractivity contribution is -0.0297. The molecule has 0 amide bonds. The van der Waals surface area contributed by atoms with E-state index in [1.807, 2.05) is 6.08 Å². The minimum atomic E-state index is -0.111. The van der Waals surface area contributed by atoms with Crippen LogP contribution < -0.4 is 0 Å². The van der Waals surface area contributed by atoms with Gasteiger partial charge in [-0.2, -0.15) is 0 Å². The van der Waals surface area contributed by atoms with Crippen LogP contribution in [0.15, 0.2) is 12.7 Å². The van der Waals surface area contributed by atoms with Gasteiger partial charge in [-0.05, 0) is 85.6 Å². The van der Waals surface area contributed by atoms with E-state index in [9.17, 15) is 5.11 Å². The summed E-state index contributed by atoms with van der Waals surface area (Å²) in [6, 6.07) is 0. The molecule has 1 aliphatic heterocycles. The minimum Gasteiger partial charge on any atom is -0.393 e. The molecule has 0 spiro atoms. The van der Waals surface area contributed by atoms with Gasteiger partial charge in [0.25, 0.3) is 0 Å². The number of nitrogens with zero attached hydrogens (tertiary/aromatic N) is 1. The van der Waals surface area contributed by atoms with Gasteiger partial charge in [0, 0.05) is 11.1 Å². The van der Waals surface area contributed by atoms with Crippen LogP contribution in [0.3, 0.4) is 0 Å². The highest BCUT2D eigenvalue weighted by Crippen LogP contribution is 2.38. The normalized spacial score (nSPS) is 22.4. The van der Waals surface area contributed by atoms with Gasteiger partial charge in [0.15, 0.2) is 0 Å². The molecule has 2 nitrogen and oxygen atoms in total. The number of hydrogen-bond donors (Lipinski definition) is 1. The van der Waals surface area contributed by atoms with Crippen molar-refractivity contribution in [2.75, 3.05) is 6.54 Å². The van der Waals surface area contributed by atoms with Crippen molar-refractivity contribution in [3.63, 3.8) is 0 Å². The summed E-state index contributed by atoms with van der Waals surface area (Å²) in [4.78, 5) is 2.68. The summed E-state index contributed by atoms with van der Waals surface area (Å²) in [5.74, 6) is 0. The molecule has 1 heterocycles. The first-order valence-corrected chi connectivity index (χ1v) is 9.36. The molecule has 1 unspecified atom stereocenters. The fraction of sp³-hybridized carbons (Fsp3) is 0.900. The molecule has 2 heteroatoms. The summed E-state index contributed by atoms with van der Waals surface area (Å²) >= 11 is 0. The van der Waals surface area contributed by atoms with Crippen LogP contribution in [0.4, 0.5) is 0 Å². The molecule has 0 radical (unpaired) electrons. The molecule has 1 N–H and O–H groups in total. The zero-order valence-corrected chi connectivity index (χ0v) is 15.5. The zero-order chi connectivity index (χ0) is 16.6. The summed E-state index contributed by atoms with van der Waals surface area (Å²) < 4.78 is 0. The predicted molar refractivity (Wildman–Crippen MR) is 97.2 cm³/mol. The minimum absolute atomic E-state index is 0.111. The average Bonchev–Trinajstić information content (AvgIpc) is 2.41. The molecule has 1 saturated heterocycles. The van der Waals surface area contributed by atoms with Crippen LogP contribution in [0.2, 0.25) is 0 Å². The Morgan fingerprint density at radius 1 is 1.00 bits per heavy atom. The van der Waals surface area contributed by atoms with Gasteiger partial charge in [0.05, 0.1) is 6.10 Å². The third-order valence-corrected chi connectivity index (χ3v) is 5.40. The van der Waals surface area contributed by atoms with E-state index in [2.05, 4.69) is 39.2 Å². The Balaban J connectivity index is 2.25. The number of unbranched alkanes of at least 4 members (excludes halogenated alkanes) is 3. The predicted octanol–water partition coefficient (Wildman–Crippen LogP) is 5.31. The second-order valence-corrected chi connectivity index (χ2v) is 8.35. The van der Waals surface area contributed by atoms with Crippen LogP contribution in [0.1, 0.15) is 91.9 Å². The maximum Gasteiger partial charge on any atom is 0.0540 e. The fourth-order valence-electron chi connectivity index (χ4n) is 4.12. The highest BCUT2D eigenvalue weighted by molar-refractivity contribution is 4.96. The van der Waals surface area contributed by atoms with E-state index in [1.54, 1.807) is 0 Å². The molecule has 0 aliphatic carbocycles. The third kappa shape index (κ3) is 6.42. The van der Waals surface area contributed by atoms with E-state index < -0.39 is 0 Å². The topological polar surface area (TPSA) is 23.5 Å². The number of allylic oxidation sites excluding steroid dienone is 1. The van der Waals surface area contributed by atoms with E-state index in [1.165, 1.54) is 32.1 Å². The molecule has 0 aromatic carbocycles. The molecule has 0 saturated carbocycles. The third-order valence-electron chi connectivity index (χ3n) is 5.40. The lowest BCUT2D eigenvalue weighted by Gasteiger charge is -2.53. The molecule has 1 fully saturated rings. The second-order valence-electron chi connectivity index (χ2n) is 8.35. The Kier molecular flexibility index (Phi) is 8.13. The van der Waals surface area contributed by atoms with E-state index in [4.69, 9.17) is 0 Å². The van der Waals surface area contributed by atoms with Gasteiger partial charge >= 0.3 is 0 Å². The fourth-order valence-corrected chi connectivity index (χ4v) is 4.12. The smallest absolute Gasteiger partial charge is 0.0540 e. The van der Waals surface area contributed by atoms with Gasteiger partial charge in [0.1, 0.15) is 0 Å². The SMILES string of the molecule is C=CCCCCCC(O)CCCN1C(C)(C)CCCC1(C)C. The molecule has 0 aromatic rings. The molecule has 22 heavy (non-hydrogen) atoms. The summed E-state index contributed by atoms with van der Waals surface area (Å²) in [6.07, 6.45) is 13.5. The number of rotatable bonds is 10. The molecular formula is C20H39NO. The molecule has 0 bridgehead atoms. The van der Waals surface area contributed by atoms with E-state index in [-0.39, 0.29) is 6.10 Å². The van der Waals surface area contributed by atoms with Crippen molar-refractivity contribution < 1.29 is 5.11 Å². The average molecular weight is 310 g/mol. The first-order valence-electron chi connectivity index (χ1n) is 9.36. The number of piperidine rings is 1. The van der Waals surface area contributed by atoms with Crippen molar-refractivity contribution >= 4 is 0 Å². The molecule has 1 atom stereocenters. The van der Waals surface area contributed by atoms with Crippen LogP contribution in [-0.4, -0.2) is 33.7 Å². The Morgan fingerprint density at radius 3 is 2.18 bits per heavy atom. The highest BCUT2D eigenvalue weighted by atomic mass is 16.3. The second kappa shape index (κ2) is 9.08. The Bertz CT molecular complexity index is 306. The summed E-state index contributed by atoms with van der Waals surface area (Å²) in [6.45, 7) is 14.4. The van der Waals surface area contributed by atoms with Crippen LogP contribution in [0, 0.1) is 0 Å². The molecule has 1 aliphatic rings. The monoisotopic (exact) mass is 309 g/mol. The van der Waals surface area contributed by atoms with Crippen molar-refractivity contribution in [2.45, 2.75) is 109 Å². The van der Waals surface area contributed by atoms with Crippen LogP contribution in [0.5, 0.6) is 0 Å². The zero-order valence-electron chi connectivity index (χ0n) is 15.5. The summed E-state index contributed by atoms with van der Waals surface area (Å²) in [5, 5.41) is 10.2. The van der Waals surface area contributed by atoms with Gasteiger partial charge in [-0.3, -0.25) is 4.90 Å². The maximum atomic E-state index is 10.2. The molecule has 1 rings (SSSR count). The van der Waals surface area contributed by atoms with Crippen molar-refractivity contribution in [2.24, 2.45) is 0 Å². The number of aliphatic hydroxyl groups is 1. The first kappa shape index (κ1) is 19.7. The van der Waals surface area contributed by atoms with Gasteiger partial charge in [0.2, 0.25) is 0 Å². The van der Waals surface area contributed by atoms with Crippen molar-refractivity contribution in [1.29, 1.82) is 0 Å². The van der Waals surface area contributed by atoms with E-state index >= 15 is 0 Å². The lowest BCUT2D eigenvalue weighted by Crippen LogP contribution is -2.58. The molecule has 130 valence electrons. The van der Waals surface area contributed by atoms with Crippen LogP contribution in [-0.2, 0) is 0 Å². The number of aliphatic hydroxyl groups excluding tert-OH is 1.